The van der Waals surface area contributed by atoms with Crippen LogP contribution in [0.15, 0.2) is 60.8 Å². The Morgan fingerprint density at radius 2 is 1.81 bits per heavy atom. The summed E-state index contributed by atoms with van der Waals surface area (Å²) in [7, 11) is 1.61. The predicted octanol–water partition coefficient (Wildman–Crippen LogP) is 3.67. The van der Waals surface area contributed by atoms with E-state index in [1.54, 1.807) is 37.6 Å². The van der Waals surface area contributed by atoms with Gasteiger partial charge in [0.15, 0.2) is 5.78 Å². The number of fused-ring (bicyclic) bond motifs is 1. The van der Waals surface area contributed by atoms with Crippen molar-refractivity contribution in [2.45, 2.75) is 6.42 Å². The van der Waals surface area contributed by atoms with Crippen molar-refractivity contribution in [3.63, 3.8) is 0 Å². The van der Waals surface area contributed by atoms with Crippen LogP contribution in [-0.2, 0) is 6.42 Å². The van der Waals surface area contributed by atoms with E-state index in [9.17, 15) is 4.79 Å². The molecule has 1 aromatic heterocycles. The number of carbonyl (C=O) groups excluding carboxylic acids is 1. The Morgan fingerprint density at radius 3 is 2.57 bits per heavy atom. The number of ether oxygens (including phenoxy) is 1. The van der Waals surface area contributed by atoms with Crippen molar-refractivity contribution < 1.29 is 9.53 Å². The van der Waals surface area contributed by atoms with E-state index in [1.807, 2.05) is 30.3 Å². The highest BCUT2D eigenvalue weighted by molar-refractivity contribution is 5.99. The van der Waals surface area contributed by atoms with Gasteiger partial charge >= 0.3 is 0 Å². The van der Waals surface area contributed by atoms with Gasteiger partial charge in [-0.1, -0.05) is 24.3 Å². The topological polar surface area (TPSA) is 39.2 Å². The van der Waals surface area contributed by atoms with E-state index in [0.29, 0.717) is 12.0 Å². The molecule has 1 heterocycles. The van der Waals surface area contributed by atoms with Gasteiger partial charge in [-0.05, 0) is 35.9 Å². The average molecular weight is 277 g/mol. The molecule has 0 aliphatic carbocycles. The zero-order chi connectivity index (χ0) is 14.7. The second-order valence-electron chi connectivity index (χ2n) is 4.82. The Morgan fingerprint density at radius 1 is 1.05 bits per heavy atom. The number of rotatable bonds is 4. The van der Waals surface area contributed by atoms with Gasteiger partial charge in [0, 0.05) is 23.6 Å². The molecule has 3 rings (SSSR count). The molecule has 0 unspecified atom stereocenters. The molecule has 0 aliphatic rings. The fourth-order valence-electron chi connectivity index (χ4n) is 2.36. The number of carbonyl (C=O) groups is 1. The highest BCUT2D eigenvalue weighted by Crippen LogP contribution is 2.19. The molecule has 0 saturated heterocycles. The quantitative estimate of drug-likeness (QED) is 0.683. The zero-order valence-corrected chi connectivity index (χ0v) is 11.7. The summed E-state index contributed by atoms with van der Waals surface area (Å²) < 4.78 is 5.10. The van der Waals surface area contributed by atoms with E-state index < -0.39 is 0 Å². The number of aromatic nitrogens is 1. The van der Waals surface area contributed by atoms with Crippen LogP contribution in [0, 0.1) is 0 Å². The molecule has 2 aromatic carbocycles. The fourth-order valence-corrected chi connectivity index (χ4v) is 2.36. The molecule has 0 radical (unpaired) electrons. The Hall–Kier alpha value is -2.68. The van der Waals surface area contributed by atoms with Gasteiger partial charge in [-0.25, -0.2) is 0 Å². The molecule has 0 fully saturated rings. The molecule has 21 heavy (non-hydrogen) atoms. The highest BCUT2D eigenvalue weighted by Gasteiger charge is 2.10. The fraction of sp³-hybridized carbons (Fsp3) is 0.111. The summed E-state index contributed by atoms with van der Waals surface area (Å²) in [6.45, 7) is 0. The van der Waals surface area contributed by atoms with Gasteiger partial charge in [-0.15, -0.1) is 0 Å². The summed E-state index contributed by atoms with van der Waals surface area (Å²) in [5.41, 5.74) is 2.53. The first-order valence-electron chi connectivity index (χ1n) is 6.78. The molecule has 0 atom stereocenters. The van der Waals surface area contributed by atoms with Crippen molar-refractivity contribution in [1.82, 2.24) is 4.98 Å². The minimum Gasteiger partial charge on any atom is -0.497 e. The maximum atomic E-state index is 12.4. The summed E-state index contributed by atoms with van der Waals surface area (Å²) >= 11 is 0. The highest BCUT2D eigenvalue weighted by atomic mass is 16.5. The second kappa shape index (κ2) is 5.75. The standard InChI is InChI=1S/C18H15NO2/c1-21-16-9-7-13(8-10-16)17(20)12-15-5-2-4-14-6-3-11-19-18(14)15/h2-11H,12H2,1H3. The van der Waals surface area contributed by atoms with Crippen LogP contribution in [0.5, 0.6) is 5.75 Å². The summed E-state index contributed by atoms with van der Waals surface area (Å²) in [5.74, 6) is 0.828. The van der Waals surface area contributed by atoms with Crippen LogP contribution >= 0.6 is 0 Å². The molecule has 0 amide bonds. The molecule has 0 spiro atoms. The Bertz CT molecular complexity index is 773. The molecule has 104 valence electrons. The van der Waals surface area contributed by atoms with E-state index in [-0.39, 0.29) is 5.78 Å². The largest absolute Gasteiger partial charge is 0.497 e. The van der Waals surface area contributed by atoms with Gasteiger partial charge in [0.1, 0.15) is 5.75 Å². The third-order valence-corrected chi connectivity index (χ3v) is 3.48. The van der Waals surface area contributed by atoms with Crippen LogP contribution in [-0.4, -0.2) is 17.9 Å². The van der Waals surface area contributed by atoms with Crippen LogP contribution in [0.2, 0.25) is 0 Å². The van der Waals surface area contributed by atoms with Gasteiger partial charge in [0.05, 0.1) is 12.6 Å². The minimum absolute atomic E-state index is 0.0795. The van der Waals surface area contributed by atoms with Crippen molar-refractivity contribution >= 4 is 16.7 Å². The molecule has 0 bridgehead atoms. The summed E-state index contributed by atoms with van der Waals surface area (Å²) in [5, 5.41) is 1.05. The Labute approximate surface area is 123 Å². The van der Waals surface area contributed by atoms with E-state index in [4.69, 9.17) is 4.74 Å². The smallest absolute Gasteiger partial charge is 0.167 e. The Balaban J connectivity index is 1.89. The molecule has 3 aromatic rings. The van der Waals surface area contributed by atoms with Crippen LogP contribution in [0.25, 0.3) is 10.9 Å². The number of methoxy groups -OCH3 is 1. The van der Waals surface area contributed by atoms with Gasteiger partial charge in [-0.3, -0.25) is 9.78 Å². The minimum atomic E-state index is 0.0795. The Kier molecular flexibility index (Phi) is 3.65. The first-order chi connectivity index (χ1) is 10.3. The monoisotopic (exact) mass is 277 g/mol. The number of ketones is 1. The van der Waals surface area contributed by atoms with Crippen molar-refractivity contribution in [3.05, 3.63) is 71.9 Å². The summed E-state index contributed by atoms with van der Waals surface area (Å²) in [6, 6.07) is 17.0. The molecular formula is C18H15NO2. The number of benzene rings is 2. The molecular weight excluding hydrogens is 262 g/mol. The van der Waals surface area contributed by atoms with Crippen molar-refractivity contribution in [1.29, 1.82) is 0 Å². The molecule has 0 saturated carbocycles. The maximum Gasteiger partial charge on any atom is 0.167 e. The molecule has 3 heteroatoms. The predicted molar refractivity (Wildman–Crippen MR) is 82.8 cm³/mol. The summed E-state index contributed by atoms with van der Waals surface area (Å²) in [6.07, 6.45) is 2.10. The number of pyridine rings is 1. The number of nitrogens with zero attached hydrogens (tertiary/aromatic N) is 1. The van der Waals surface area contributed by atoms with Gasteiger partial charge in [-0.2, -0.15) is 0 Å². The van der Waals surface area contributed by atoms with E-state index >= 15 is 0 Å². The van der Waals surface area contributed by atoms with Crippen LogP contribution in [0.4, 0.5) is 0 Å². The SMILES string of the molecule is COc1ccc(C(=O)Cc2cccc3cccnc23)cc1. The van der Waals surface area contributed by atoms with Gasteiger partial charge in [0.2, 0.25) is 0 Å². The van der Waals surface area contributed by atoms with Crippen molar-refractivity contribution in [2.24, 2.45) is 0 Å². The van der Waals surface area contributed by atoms with Crippen LogP contribution in [0.3, 0.4) is 0 Å². The second-order valence-corrected chi connectivity index (χ2v) is 4.82. The van der Waals surface area contributed by atoms with Crippen molar-refractivity contribution in [2.75, 3.05) is 7.11 Å². The number of Topliss-reactive ketones (excluding diaryl/α,β-unsaturated/α-hetero) is 1. The lowest BCUT2D eigenvalue weighted by Crippen LogP contribution is -2.04. The summed E-state index contributed by atoms with van der Waals surface area (Å²) in [4.78, 5) is 16.8. The maximum absolute atomic E-state index is 12.4. The first-order valence-corrected chi connectivity index (χ1v) is 6.78. The zero-order valence-electron chi connectivity index (χ0n) is 11.7. The number of hydrogen-bond donors (Lipinski definition) is 0. The third kappa shape index (κ3) is 2.77. The lowest BCUT2D eigenvalue weighted by atomic mass is 10.0. The third-order valence-electron chi connectivity index (χ3n) is 3.48. The molecule has 3 nitrogen and oxygen atoms in total. The lowest BCUT2D eigenvalue weighted by molar-refractivity contribution is 0.0993. The van der Waals surface area contributed by atoms with Crippen molar-refractivity contribution in [3.8, 4) is 5.75 Å². The molecule has 0 aliphatic heterocycles. The lowest BCUT2D eigenvalue weighted by Gasteiger charge is -2.06. The van der Waals surface area contributed by atoms with E-state index in [2.05, 4.69) is 4.98 Å². The van der Waals surface area contributed by atoms with E-state index in [0.717, 1.165) is 22.2 Å². The van der Waals surface area contributed by atoms with Crippen LogP contribution < -0.4 is 4.74 Å². The molecule has 0 N–H and O–H groups in total. The number of hydrogen-bond acceptors (Lipinski definition) is 3. The average Bonchev–Trinajstić information content (AvgIpc) is 2.55. The van der Waals surface area contributed by atoms with Gasteiger partial charge < -0.3 is 4.74 Å². The first kappa shape index (κ1) is 13.3. The van der Waals surface area contributed by atoms with E-state index in [1.165, 1.54) is 0 Å². The normalized spacial score (nSPS) is 10.5. The number of para-hydroxylation sites is 1. The van der Waals surface area contributed by atoms with Gasteiger partial charge in [0.25, 0.3) is 0 Å². The van der Waals surface area contributed by atoms with Crippen LogP contribution in [0.1, 0.15) is 15.9 Å².